The fourth-order valence-electron chi connectivity index (χ4n) is 5.02. The van der Waals surface area contributed by atoms with E-state index in [9.17, 15) is 14.7 Å². The van der Waals surface area contributed by atoms with Gasteiger partial charge in [0.05, 0.1) is 13.0 Å². The van der Waals surface area contributed by atoms with Crippen LogP contribution in [-0.2, 0) is 44.1 Å². The minimum absolute atomic E-state index is 0. The first kappa shape index (κ1) is 30.7. The van der Waals surface area contributed by atoms with E-state index in [1.54, 1.807) is 31.4 Å². The summed E-state index contributed by atoms with van der Waals surface area (Å²) in [6.07, 6.45) is 3.37. The van der Waals surface area contributed by atoms with E-state index in [1.807, 2.05) is 29.2 Å². The molecule has 1 fully saturated rings. The van der Waals surface area contributed by atoms with Gasteiger partial charge in [-0.15, -0.1) is 0 Å². The summed E-state index contributed by atoms with van der Waals surface area (Å²) in [4.78, 5) is 31.5. The third-order valence-corrected chi connectivity index (χ3v) is 7.46. The molecule has 0 bridgehead atoms. The molecule has 2 aliphatic heterocycles. The van der Waals surface area contributed by atoms with Crippen LogP contribution in [-0.4, -0.2) is 70.4 Å². The van der Waals surface area contributed by atoms with Gasteiger partial charge in [0.15, 0.2) is 11.5 Å². The Bertz CT molecular complexity index is 1100. The number of hydrogen-bond donors (Lipinski definition) is 1. The van der Waals surface area contributed by atoms with Gasteiger partial charge in [0.1, 0.15) is 0 Å². The van der Waals surface area contributed by atoms with Gasteiger partial charge in [-0.2, -0.15) is 6.92 Å². The molecule has 0 radical (unpaired) electrons. The van der Waals surface area contributed by atoms with Crippen LogP contribution in [0.4, 0.5) is 0 Å². The zero-order valence-electron chi connectivity index (χ0n) is 22.6. The molecule has 0 spiro atoms. The Kier molecular flexibility index (Phi) is 10.6. The fourth-order valence-corrected chi connectivity index (χ4v) is 5.02. The molecule has 37 heavy (non-hydrogen) atoms. The van der Waals surface area contributed by atoms with Gasteiger partial charge in [0.2, 0.25) is 0 Å². The largest absolute Gasteiger partial charge is 2.00 e. The monoisotopic (exact) mass is 685 g/mol. The third-order valence-electron chi connectivity index (χ3n) is 7.46. The number of fused-ring (bicyclic) bond motifs is 1. The van der Waals surface area contributed by atoms with Gasteiger partial charge in [-0.3, -0.25) is 9.69 Å². The first-order valence-corrected chi connectivity index (χ1v) is 12.3. The van der Waals surface area contributed by atoms with E-state index in [2.05, 4.69) is 24.8 Å². The number of phenols is 1. The third kappa shape index (κ3) is 6.66. The molecule has 1 N–H and O–H groups in total. The number of piperazine rings is 1. The van der Waals surface area contributed by atoms with E-state index in [0.717, 1.165) is 42.6 Å². The molecule has 0 unspecified atom stereocenters. The van der Waals surface area contributed by atoms with Crippen LogP contribution < -0.4 is 4.74 Å². The fraction of sp³-hybridized carbons (Fsp3) is 0.448. The summed E-state index contributed by atoms with van der Waals surface area (Å²) < 4.78 is 5.25. The molecule has 2 heterocycles. The van der Waals surface area contributed by atoms with Crippen molar-refractivity contribution in [2.75, 3.05) is 33.3 Å². The molecule has 8 heteroatoms. The zero-order chi connectivity index (χ0) is 25.2. The minimum atomic E-state index is -0.0763. The van der Waals surface area contributed by atoms with Crippen molar-refractivity contribution >= 4 is 11.8 Å². The number of rotatable bonds is 7. The summed E-state index contributed by atoms with van der Waals surface area (Å²) in [6.45, 7) is 10.1. The minimum Gasteiger partial charge on any atom is -0.504 e. The van der Waals surface area contributed by atoms with Crippen molar-refractivity contribution in [3.8, 4) is 11.5 Å². The van der Waals surface area contributed by atoms with E-state index in [0.29, 0.717) is 31.9 Å². The number of benzene rings is 2. The molecule has 2 aliphatic rings. The predicted molar refractivity (Wildman–Crippen MR) is 142 cm³/mol. The number of hydrogen-bond acceptors (Lipinski definition) is 5. The second kappa shape index (κ2) is 12.8. The van der Waals surface area contributed by atoms with Gasteiger partial charge in [-0.1, -0.05) is 18.2 Å². The number of carbonyl (C=O) groups is 2. The Labute approximate surface area is 234 Å². The van der Waals surface area contributed by atoms with Gasteiger partial charge >= 0.3 is 19.8 Å². The topological polar surface area (TPSA) is 73.3 Å². The molecule has 2 aromatic rings. The van der Waals surface area contributed by atoms with Gasteiger partial charge in [-0.05, 0) is 61.6 Å². The molecular formula is C29H39N3O4Os. The number of amides is 2. The number of phenolic OH excluding ortho intramolecular Hbond substituents is 1. The van der Waals surface area contributed by atoms with Crippen LogP contribution in [0.15, 0.2) is 36.4 Å². The predicted octanol–water partition coefficient (Wildman–Crippen LogP) is 4.08. The number of aryl methyl sites for hydroxylation is 1. The normalized spacial score (nSPS) is 15.4. The van der Waals surface area contributed by atoms with Crippen molar-refractivity contribution in [1.82, 2.24) is 14.7 Å². The molecule has 202 valence electrons. The van der Waals surface area contributed by atoms with Crippen molar-refractivity contribution in [2.45, 2.75) is 52.2 Å². The van der Waals surface area contributed by atoms with Crippen LogP contribution >= 0.6 is 0 Å². The SMILES string of the molecule is C[CH-]C(=O)N1CCN(C(=O)c2cccc3c2CN(C(C)(C)CCc2ccc(O)c(OC)c2)C3)CC1.[CH3-].[Os+2]. The molecule has 2 amide bonds. The Hall–Kier alpha value is -2.55. The maximum absolute atomic E-state index is 13.4. The van der Waals surface area contributed by atoms with E-state index >= 15 is 0 Å². The summed E-state index contributed by atoms with van der Waals surface area (Å²) in [5, 5.41) is 9.87. The Morgan fingerprint density at radius 2 is 1.73 bits per heavy atom. The molecule has 1 saturated heterocycles. The van der Waals surface area contributed by atoms with Crippen molar-refractivity contribution in [3.05, 3.63) is 72.5 Å². The van der Waals surface area contributed by atoms with Gasteiger partial charge < -0.3 is 38.3 Å². The maximum Gasteiger partial charge on any atom is 2.00 e. The smallest absolute Gasteiger partial charge is 0.504 e. The van der Waals surface area contributed by atoms with E-state index < -0.39 is 0 Å². The summed E-state index contributed by atoms with van der Waals surface area (Å²) in [6, 6.07) is 11.6. The first-order valence-electron chi connectivity index (χ1n) is 12.3. The summed E-state index contributed by atoms with van der Waals surface area (Å²) >= 11 is 0. The van der Waals surface area contributed by atoms with Crippen LogP contribution in [0.25, 0.3) is 0 Å². The van der Waals surface area contributed by atoms with Crippen molar-refractivity contribution in [1.29, 1.82) is 0 Å². The van der Waals surface area contributed by atoms with Crippen molar-refractivity contribution in [3.63, 3.8) is 0 Å². The Morgan fingerprint density at radius 3 is 2.38 bits per heavy atom. The van der Waals surface area contributed by atoms with E-state index in [4.69, 9.17) is 4.74 Å². The van der Waals surface area contributed by atoms with Crippen molar-refractivity contribution < 1.29 is 39.2 Å². The van der Waals surface area contributed by atoms with Crippen LogP contribution in [0, 0.1) is 13.8 Å². The molecule has 7 nitrogen and oxygen atoms in total. The van der Waals surface area contributed by atoms with E-state index in [-0.39, 0.29) is 50.3 Å². The molecule has 0 atom stereocenters. The number of methoxy groups -OCH3 is 1. The first-order chi connectivity index (χ1) is 16.7. The number of carbonyl (C=O) groups excluding carboxylic acids is 2. The van der Waals surface area contributed by atoms with Crippen LogP contribution in [0.3, 0.4) is 0 Å². The molecule has 2 aromatic carbocycles. The van der Waals surface area contributed by atoms with Crippen molar-refractivity contribution in [2.24, 2.45) is 0 Å². The number of aromatic hydroxyl groups is 1. The standard InChI is InChI=1S/C28H36N3O4.CH3.Os/c1-5-26(33)29-13-15-30(16-14-29)27(34)22-8-6-7-21-18-31(19-23(21)22)28(2,3)12-11-20-9-10-24(32)25(17-20)35-4;;/h5-10,17,32H,11-16,18-19H2,1-4H3;1H3;/q2*-1;+2. The summed E-state index contributed by atoms with van der Waals surface area (Å²) in [5.41, 5.74) is 4.17. The van der Waals surface area contributed by atoms with Crippen LogP contribution in [0.2, 0.25) is 0 Å². The molecule has 0 aliphatic carbocycles. The molecule has 0 saturated carbocycles. The van der Waals surface area contributed by atoms with Gasteiger partial charge in [-0.25, -0.2) is 0 Å². The second-order valence-corrected chi connectivity index (χ2v) is 10.0. The average molecular weight is 684 g/mol. The summed E-state index contributed by atoms with van der Waals surface area (Å²) in [5.74, 6) is 0.737. The van der Waals surface area contributed by atoms with Crippen LogP contribution in [0.1, 0.15) is 54.2 Å². The molecule has 4 rings (SSSR count). The van der Waals surface area contributed by atoms with Gasteiger partial charge in [0.25, 0.3) is 5.91 Å². The van der Waals surface area contributed by atoms with Gasteiger partial charge in [0, 0.05) is 50.4 Å². The Morgan fingerprint density at radius 1 is 1.05 bits per heavy atom. The Balaban J connectivity index is 0.00000241. The molecule has 0 aromatic heterocycles. The summed E-state index contributed by atoms with van der Waals surface area (Å²) in [7, 11) is 1.56. The average Bonchev–Trinajstić information content (AvgIpc) is 3.33. The number of ether oxygens (including phenoxy) is 1. The zero-order valence-corrected chi connectivity index (χ0v) is 25.1. The second-order valence-electron chi connectivity index (χ2n) is 10.0. The quantitative estimate of drug-likeness (QED) is 0.446. The number of nitrogens with zero attached hydrogens (tertiary/aromatic N) is 3. The maximum atomic E-state index is 13.4. The molecular weight excluding hydrogens is 645 g/mol. The van der Waals surface area contributed by atoms with Crippen LogP contribution in [0.5, 0.6) is 11.5 Å². The van der Waals surface area contributed by atoms with E-state index in [1.165, 1.54) is 5.56 Å².